The van der Waals surface area contributed by atoms with Crippen molar-refractivity contribution in [1.29, 1.82) is 0 Å². The predicted octanol–water partition coefficient (Wildman–Crippen LogP) is 0.502. The number of nitrogens with two attached hydrogens (primary N) is 1. The Morgan fingerprint density at radius 1 is 1.40 bits per heavy atom. The molecule has 6 heteroatoms. The Morgan fingerprint density at radius 2 is 2.20 bits per heavy atom. The van der Waals surface area contributed by atoms with E-state index in [4.69, 9.17) is 5.73 Å². The van der Waals surface area contributed by atoms with Gasteiger partial charge in [0.25, 0.3) is 0 Å². The Bertz CT molecular complexity index is 591. The first kappa shape index (κ1) is 14.2. The van der Waals surface area contributed by atoms with Crippen LogP contribution in [-0.4, -0.2) is 33.8 Å². The number of carbonyl (C=O) groups is 1. The molecule has 2 heterocycles. The summed E-state index contributed by atoms with van der Waals surface area (Å²) in [6, 6.07) is 5.65. The van der Waals surface area contributed by atoms with E-state index in [0.29, 0.717) is 19.5 Å². The lowest BCUT2D eigenvalue weighted by molar-refractivity contribution is -0.120. The monoisotopic (exact) mass is 273 g/mol. The Morgan fingerprint density at radius 3 is 2.85 bits per heavy atom. The van der Waals surface area contributed by atoms with E-state index in [1.165, 1.54) is 0 Å². The van der Waals surface area contributed by atoms with Crippen LogP contribution >= 0.6 is 0 Å². The molecular weight excluding hydrogens is 254 g/mol. The second kappa shape index (κ2) is 6.29. The van der Waals surface area contributed by atoms with E-state index >= 15 is 0 Å². The number of pyridine rings is 1. The van der Waals surface area contributed by atoms with Crippen molar-refractivity contribution in [3.63, 3.8) is 0 Å². The third-order valence-corrected chi connectivity index (χ3v) is 3.11. The van der Waals surface area contributed by atoms with Crippen molar-refractivity contribution in [2.45, 2.75) is 20.3 Å². The summed E-state index contributed by atoms with van der Waals surface area (Å²) in [4.78, 5) is 16.1. The fourth-order valence-electron chi connectivity index (χ4n) is 2.07. The molecule has 2 aromatic heterocycles. The third kappa shape index (κ3) is 3.03. The first-order valence-electron chi connectivity index (χ1n) is 6.56. The van der Waals surface area contributed by atoms with E-state index < -0.39 is 0 Å². The quantitative estimate of drug-likeness (QED) is 0.830. The van der Waals surface area contributed by atoms with Gasteiger partial charge in [0.15, 0.2) is 5.82 Å². The minimum absolute atomic E-state index is 0.0396. The highest BCUT2D eigenvalue weighted by Gasteiger charge is 2.15. The van der Waals surface area contributed by atoms with Gasteiger partial charge in [-0.2, -0.15) is 5.10 Å². The molecule has 0 atom stereocenters. The fraction of sp³-hybridized carbons (Fsp3) is 0.357. The molecule has 1 amide bonds. The van der Waals surface area contributed by atoms with Gasteiger partial charge in [-0.25, -0.2) is 9.67 Å². The van der Waals surface area contributed by atoms with Gasteiger partial charge in [-0.05, 0) is 26.0 Å². The number of hydrogen-bond donors (Lipinski definition) is 2. The number of nitrogens with zero attached hydrogens (tertiary/aromatic N) is 3. The highest BCUT2D eigenvalue weighted by atomic mass is 16.1. The average molecular weight is 273 g/mol. The third-order valence-electron chi connectivity index (χ3n) is 3.11. The van der Waals surface area contributed by atoms with Crippen LogP contribution in [0.5, 0.6) is 0 Å². The molecule has 6 nitrogen and oxygen atoms in total. The minimum atomic E-state index is -0.0396. The van der Waals surface area contributed by atoms with Crippen molar-refractivity contribution in [2.75, 3.05) is 13.1 Å². The Labute approximate surface area is 118 Å². The Hall–Kier alpha value is -2.21. The first-order chi connectivity index (χ1) is 9.63. The van der Waals surface area contributed by atoms with Gasteiger partial charge in [-0.1, -0.05) is 6.07 Å². The molecule has 2 rings (SSSR count). The molecule has 0 unspecified atom stereocenters. The summed E-state index contributed by atoms with van der Waals surface area (Å²) < 4.78 is 1.76. The molecule has 0 aliphatic carbocycles. The molecule has 0 aliphatic rings. The van der Waals surface area contributed by atoms with Gasteiger partial charge in [0.2, 0.25) is 5.91 Å². The van der Waals surface area contributed by atoms with Crippen LogP contribution in [0.15, 0.2) is 24.4 Å². The topological polar surface area (TPSA) is 85.8 Å². The Balaban J connectivity index is 2.23. The second-order valence-electron chi connectivity index (χ2n) is 4.56. The fourth-order valence-corrected chi connectivity index (χ4v) is 2.07. The van der Waals surface area contributed by atoms with Crippen LogP contribution in [0, 0.1) is 13.8 Å². The molecule has 3 N–H and O–H groups in total. The SMILES string of the molecule is Cc1nn(-c2ccccn2)c(C)c1CC(=O)NCCN. The molecule has 0 saturated heterocycles. The van der Waals surface area contributed by atoms with Gasteiger partial charge in [-0.15, -0.1) is 0 Å². The highest BCUT2D eigenvalue weighted by molar-refractivity contribution is 5.79. The zero-order valence-corrected chi connectivity index (χ0v) is 11.8. The summed E-state index contributed by atoms with van der Waals surface area (Å²) in [6.07, 6.45) is 2.03. The van der Waals surface area contributed by atoms with E-state index in [0.717, 1.165) is 22.8 Å². The maximum absolute atomic E-state index is 11.8. The van der Waals surface area contributed by atoms with Crippen LogP contribution < -0.4 is 11.1 Å². The van der Waals surface area contributed by atoms with E-state index in [-0.39, 0.29) is 5.91 Å². The lowest BCUT2D eigenvalue weighted by atomic mass is 10.1. The van der Waals surface area contributed by atoms with E-state index in [9.17, 15) is 4.79 Å². The molecule has 106 valence electrons. The maximum Gasteiger partial charge on any atom is 0.224 e. The summed E-state index contributed by atoms with van der Waals surface area (Å²) in [5, 5.41) is 7.23. The summed E-state index contributed by atoms with van der Waals surface area (Å²) in [5.74, 6) is 0.712. The molecule has 0 fully saturated rings. The maximum atomic E-state index is 11.8. The van der Waals surface area contributed by atoms with Crippen LogP contribution in [0.3, 0.4) is 0 Å². The first-order valence-corrected chi connectivity index (χ1v) is 6.56. The van der Waals surface area contributed by atoms with Crippen LogP contribution in [0.4, 0.5) is 0 Å². The van der Waals surface area contributed by atoms with E-state index in [2.05, 4.69) is 15.4 Å². The van der Waals surface area contributed by atoms with Gasteiger partial charge in [-0.3, -0.25) is 4.79 Å². The van der Waals surface area contributed by atoms with E-state index in [1.807, 2.05) is 32.0 Å². The standard InChI is InChI=1S/C14H19N5O/c1-10-12(9-14(20)17-8-6-15)11(2)19(18-10)13-5-3-4-7-16-13/h3-5,7H,6,8-9,15H2,1-2H3,(H,17,20). The van der Waals surface area contributed by atoms with Crippen LogP contribution in [0.25, 0.3) is 5.82 Å². The molecule has 2 aromatic rings. The van der Waals surface area contributed by atoms with E-state index in [1.54, 1.807) is 10.9 Å². The predicted molar refractivity (Wildman–Crippen MR) is 76.6 cm³/mol. The van der Waals surface area contributed by atoms with Crippen LogP contribution in [0.2, 0.25) is 0 Å². The van der Waals surface area contributed by atoms with Crippen molar-refractivity contribution in [3.05, 3.63) is 41.3 Å². The Kier molecular flexibility index (Phi) is 4.47. The second-order valence-corrected chi connectivity index (χ2v) is 4.56. The van der Waals surface area contributed by atoms with Crippen molar-refractivity contribution in [3.8, 4) is 5.82 Å². The number of rotatable bonds is 5. The molecule has 0 aromatic carbocycles. The summed E-state index contributed by atoms with van der Waals surface area (Å²) in [6.45, 7) is 4.78. The molecule has 0 saturated carbocycles. The minimum Gasteiger partial charge on any atom is -0.355 e. The normalized spacial score (nSPS) is 10.6. The zero-order valence-electron chi connectivity index (χ0n) is 11.8. The van der Waals surface area contributed by atoms with Gasteiger partial charge >= 0.3 is 0 Å². The molecule has 0 radical (unpaired) electrons. The summed E-state index contributed by atoms with van der Waals surface area (Å²) in [5.41, 5.74) is 8.08. The highest BCUT2D eigenvalue weighted by Crippen LogP contribution is 2.17. The summed E-state index contributed by atoms with van der Waals surface area (Å²) >= 11 is 0. The van der Waals surface area contributed by atoms with Crippen molar-refractivity contribution in [1.82, 2.24) is 20.1 Å². The smallest absolute Gasteiger partial charge is 0.224 e. The molecule has 0 aliphatic heterocycles. The molecule has 20 heavy (non-hydrogen) atoms. The number of nitrogens with one attached hydrogen (secondary N) is 1. The summed E-state index contributed by atoms with van der Waals surface area (Å²) in [7, 11) is 0. The van der Waals surface area contributed by atoms with Gasteiger partial charge in [0.05, 0.1) is 12.1 Å². The van der Waals surface area contributed by atoms with Crippen molar-refractivity contribution >= 4 is 5.91 Å². The zero-order chi connectivity index (χ0) is 14.5. The molecule has 0 bridgehead atoms. The lowest BCUT2D eigenvalue weighted by Crippen LogP contribution is -2.30. The number of carbonyl (C=O) groups excluding carboxylic acids is 1. The van der Waals surface area contributed by atoms with Crippen LogP contribution in [0.1, 0.15) is 17.0 Å². The van der Waals surface area contributed by atoms with Gasteiger partial charge in [0, 0.05) is 30.5 Å². The average Bonchev–Trinajstić information content (AvgIpc) is 2.74. The number of aryl methyl sites for hydroxylation is 1. The largest absolute Gasteiger partial charge is 0.355 e. The van der Waals surface area contributed by atoms with Crippen molar-refractivity contribution < 1.29 is 4.79 Å². The number of hydrogen-bond acceptors (Lipinski definition) is 4. The van der Waals surface area contributed by atoms with Gasteiger partial charge < -0.3 is 11.1 Å². The number of amides is 1. The molecular formula is C14H19N5O. The molecule has 0 spiro atoms. The van der Waals surface area contributed by atoms with Crippen LogP contribution in [-0.2, 0) is 11.2 Å². The van der Waals surface area contributed by atoms with Gasteiger partial charge in [0.1, 0.15) is 0 Å². The lowest BCUT2D eigenvalue weighted by Gasteiger charge is -2.05. The van der Waals surface area contributed by atoms with Crippen molar-refractivity contribution in [2.24, 2.45) is 5.73 Å². The number of aromatic nitrogens is 3.